The van der Waals surface area contributed by atoms with Crippen LogP contribution in [0.25, 0.3) is 10.9 Å². The number of thioether (sulfide) groups is 1. The van der Waals surface area contributed by atoms with Crippen molar-refractivity contribution in [2.24, 2.45) is 0 Å². The number of hydrogen-bond acceptors (Lipinski definition) is 3. The molecule has 0 aliphatic rings. The molecule has 0 saturated carbocycles. The second-order valence-corrected chi connectivity index (χ2v) is 6.44. The van der Waals surface area contributed by atoms with Crippen molar-refractivity contribution >= 4 is 28.6 Å². The van der Waals surface area contributed by atoms with Gasteiger partial charge in [0.05, 0.1) is 5.75 Å². The number of fused-ring (bicyclic) bond motifs is 1. The summed E-state index contributed by atoms with van der Waals surface area (Å²) in [6.07, 6.45) is 6.09. The molecule has 4 nitrogen and oxygen atoms in total. The van der Waals surface area contributed by atoms with Crippen LogP contribution in [0.2, 0.25) is 0 Å². The van der Waals surface area contributed by atoms with Crippen molar-refractivity contribution in [2.45, 2.75) is 12.2 Å². The number of halogens is 1. The summed E-state index contributed by atoms with van der Waals surface area (Å²) in [5, 5.41) is 3.92. The van der Waals surface area contributed by atoms with E-state index in [1.54, 1.807) is 30.2 Å². The van der Waals surface area contributed by atoms with Crippen LogP contribution in [0.1, 0.15) is 11.1 Å². The lowest BCUT2D eigenvalue weighted by Gasteiger charge is -2.05. The lowest BCUT2D eigenvalue weighted by molar-refractivity contribution is -0.118. The van der Waals surface area contributed by atoms with E-state index in [0.29, 0.717) is 18.7 Å². The lowest BCUT2D eigenvalue weighted by atomic mass is 10.1. The zero-order chi connectivity index (χ0) is 16.8. The molecular formula is C18H18FN3OS. The second kappa shape index (κ2) is 7.97. The van der Waals surface area contributed by atoms with Gasteiger partial charge in [-0.3, -0.25) is 9.78 Å². The normalized spacial score (nSPS) is 10.9. The molecule has 6 heteroatoms. The average Bonchev–Trinajstić information content (AvgIpc) is 2.98. The number of carbonyl (C=O) groups is 1. The molecule has 1 amide bonds. The SMILES string of the molecule is O=C(CSCc1ccncc1)NCCc1c[nH]c2cc(F)ccc12. The van der Waals surface area contributed by atoms with Crippen molar-refractivity contribution in [3.8, 4) is 0 Å². The summed E-state index contributed by atoms with van der Waals surface area (Å²) in [4.78, 5) is 18.9. The number of aromatic amines is 1. The van der Waals surface area contributed by atoms with E-state index in [9.17, 15) is 9.18 Å². The van der Waals surface area contributed by atoms with Gasteiger partial charge in [-0.1, -0.05) is 0 Å². The zero-order valence-corrected chi connectivity index (χ0v) is 13.9. The van der Waals surface area contributed by atoms with Gasteiger partial charge >= 0.3 is 0 Å². The van der Waals surface area contributed by atoms with Crippen molar-refractivity contribution in [2.75, 3.05) is 12.3 Å². The molecule has 0 radical (unpaired) electrons. The van der Waals surface area contributed by atoms with E-state index in [2.05, 4.69) is 15.3 Å². The van der Waals surface area contributed by atoms with Crippen LogP contribution in [0.15, 0.2) is 48.9 Å². The predicted octanol–water partition coefficient (Wildman–Crippen LogP) is 3.29. The minimum Gasteiger partial charge on any atom is -0.361 e. The molecule has 2 heterocycles. The molecule has 24 heavy (non-hydrogen) atoms. The highest BCUT2D eigenvalue weighted by Crippen LogP contribution is 2.19. The fourth-order valence-corrected chi connectivity index (χ4v) is 3.31. The molecule has 0 saturated heterocycles. The highest BCUT2D eigenvalue weighted by atomic mass is 32.2. The first kappa shape index (κ1) is 16.5. The van der Waals surface area contributed by atoms with Crippen molar-refractivity contribution in [3.05, 3.63) is 65.9 Å². The van der Waals surface area contributed by atoms with Crippen molar-refractivity contribution in [1.82, 2.24) is 15.3 Å². The van der Waals surface area contributed by atoms with E-state index in [1.165, 1.54) is 12.1 Å². The number of H-pyrrole nitrogens is 1. The van der Waals surface area contributed by atoms with E-state index < -0.39 is 0 Å². The summed E-state index contributed by atoms with van der Waals surface area (Å²) in [6.45, 7) is 0.568. The number of nitrogens with one attached hydrogen (secondary N) is 2. The number of hydrogen-bond donors (Lipinski definition) is 2. The van der Waals surface area contributed by atoms with E-state index in [0.717, 1.165) is 27.8 Å². The largest absolute Gasteiger partial charge is 0.361 e. The zero-order valence-electron chi connectivity index (χ0n) is 13.1. The van der Waals surface area contributed by atoms with Crippen LogP contribution in [0.4, 0.5) is 4.39 Å². The van der Waals surface area contributed by atoms with E-state index in [1.807, 2.05) is 18.3 Å². The van der Waals surface area contributed by atoms with Gasteiger partial charge in [0.1, 0.15) is 5.82 Å². The van der Waals surface area contributed by atoms with Crippen LogP contribution in [0.5, 0.6) is 0 Å². The Labute approximate surface area is 143 Å². The second-order valence-electron chi connectivity index (χ2n) is 5.45. The fraction of sp³-hybridized carbons (Fsp3) is 0.222. The maximum atomic E-state index is 13.2. The molecule has 1 aromatic carbocycles. The van der Waals surface area contributed by atoms with Gasteiger partial charge in [0, 0.05) is 41.8 Å². The van der Waals surface area contributed by atoms with Gasteiger partial charge in [-0.05, 0) is 47.9 Å². The van der Waals surface area contributed by atoms with Crippen LogP contribution in [0.3, 0.4) is 0 Å². The Morgan fingerprint density at radius 3 is 2.92 bits per heavy atom. The molecule has 0 aliphatic heterocycles. The predicted molar refractivity (Wildman–Crippen MR) is 95.4 cm³/mol. The lowest BCUT2D eigenvalue weighted by Crippen LogP contribution is -2.27. The molecule has 124 valence electrons. The van der Waals surface area contributed by atoms with Crippen LogP contribution in [-0.2, 0) is 17.0 Å². The minimum absolute atomic E-state index is 0.0277. The molecule has 2 aromatic heterocycles. The smallest absolute Gasteiger partial charge is 0.230 e. The topological polar surface area (TPSA) is 57.8 Å². The number of amides is 1. The van der Waals surface area contributed by atoms with Gasteiger partial charge in [-0.25, -0.2) is 4.39 Å². The maximum absolute atomic E-state index is 13.2. The third-order valence-electron chi connectivity index (χ3n) is 3.70. The fourth-order valence-electron chi connectivity index (χ4n) is 2.49. The molecule has 0 bridgehead atoms. The standard InChI is InChI=1S/C18H18FN3OS/c19-15-1-2-16-14(10-22-17(16)9-15)5-8-21-18(23)12-24-11-13-3-6-20-7-4-13/h1-4,6-7,9-10,22H,5,8,11-12H2,(H,21,23). The Kier molecular flexibility index (Phi) is 5.48. The highest BCUT2D eigenvalue weighted by Gasteiger charge is 2.06. The number of pyridine rings is 1. The van der Waals surface area contributed by atoms with Gasteiger partial charge in [0.15, 0.2) is 0 Å². The monoisotopic (exact) mass is 343 g/mol. The third kappa shape index (κ3) is 4.35. The quantitative estimate of drug-likeness (QED) is 0.692. The molecule has 0 spiro atoms. The van der Waals surface area contributed by atoms with E-state index in [4.69, 9.17) is 0 Å². The number of benzene rings is 1. The summed E-state index contributed by atoms with van der Waals surface area (Å²) in [7, 11) is 0. The highest BCUT2D eigenvalue weighted by molar-refractivity contribution is 7.99. The number of rotatable bonds is 7. The summed E-state index contributed by atoms with van der Waals surface area (Å²) in [6, 6.07) is 8.60. The summed E-state index contributed by atoms with van der Waals surface area (Å²) >= 11 is 1.58. The molecule has 0 aliphatic carbocycles. The Bertz CT molecular complexity index is 820. The first-order chi connectivity index (χ1) is 11.7. The molecule has 0 atom stereocenters. The number of carbonyl (C=O) groups excluding carboxylic acids is 1. The summed E-state index contributed by atoms with van der Waals surface area (Å²) in [5.74, 6) is 1.00. The Morgan fingerprint density at radius 1 is 1.25 bits per heavy atom. The van der Waals surface area contributed by atoms with Crippen molar-refractivity contribution in [3.63, 3.8) is 0 Å². The Hall–Kier alpha value is -2.34. The van der Waals surface area contributed by atoms with E-state index in [-0.39, 0.29) is 11.7 Å². The maximum Gasteiger partial charge on any atom is 0.230 e. The van der Waals surface area contributed by atoms with Crippen LogP contribution < -0.4 is 5.32 Å². The van der Waals surface area contributed by atoms with Gasteiger partial charge in [0.2, 0.25) is 5.91 Å². The minimum atomic E-state index is -0.254. The summed E-state index contributed by atoms with van der Waals surface area (Å²) < 4.78 is 13.2. The van der Waals surface area contributed by atoms with Crippen molar-refractivity contribution in [1.29, 1.82) is 0 Å². The van der Waals surface area contributed by atoms with Crippen LogP contribution in [-0.4, -0.2) is 28.2 Å². The van der Waals surface area contributed by atoms with E-state index >= 15 is 0 Å². The molecular weight excluding hydrogens is 325 g/mol. The van der Waals surface area contributed by atoms with Crippen molar-refractivity contribution < 1.29 is 9.18 Å². The van der Waals surface area contributed by atoms with Gasteiger partial charge in [-0.2, -0.15) is 0 Å². The molecule has 3 rings (SSSR count). The molecule has 0 unspecified atom stereocenters. The van der Waals surface area contributed by atoms with Gasteiger partial charge < -0.3 is 10.3 Å². The molecule has 2 N–H and O–H groups in total. The van der Waals surface area contributed by atoms with Crippen LogP contribution >= 0.6 is 11.8 Å². The molecule has 0 fully saturated rings. The average molecular weight is 343 g/mol. The number of aromatic nitrogens is 2. The first-order valence-electron chi connectivity index (χ1n) is 7.71. The molecule has 3 aromatic rings. The number of nitrogens with zero attached hydrogens (tertiary/aromatic N) is 1. The van der Waals surface area contributed by atoms with Crippen LogP contribution in [0, 0.1) is 5.82 Å². The Morgan fingerprint density at radius 2 is 2.08 bits per heavy atom. The first-order valence-corrected chi connectivity index (χ1v) is 8.87. The van der Waals surface area contributed by atoms with Gasteiger partial charge in [-0.15, -0.1) is 11.8 Å². The van der Waals surface area contributed by atoms with Gasteiger partial charge in [0.25, 0.3) is 0 Å². The third-order valence-corrected chi connectivity index (χ3v) is 4.70. The Balaban J connectivity index is 1.41. The summed E-state index contributed by atoms with van der Waals surface area (Å²) in [5.41, 5.74) is 3.02.